The quantitative estimate of drug-likeness (QED) is 0.657. The van der Waals surface area contributed by atoms with Crippen molar-refractivity contribution in [2.45, 2.75) is 47.5 Å². The maximum Gasteiger partial charge on any atom is -0.0225 e. The van der Waals surface area contributed by atoms with E-state index in [2.05, 4.69) is 52.8 Å². The number of aryl methyl sites for hydroxylation is 2. The Labute approximate surface area is 88.4 Å². The Morgan fingerprint density at radius 3 is 2.29 bits per heavy atom. The molecule has 0 aliphatic heterocycles. The zero-order chi connectivity index (χ0) is 10.8. The molecule has 0 radical (unpaired) electrons. The van der Waals surface area contributed by atoms with Crippen molar-refractivity contribution in [2.24, 2.45) is 5.41 Å². The second-order valence-corrected chi connectivity index (χ2v) is 5.30. The van der Waals surface area contributed by atoms with Crippen LogP contribution in [0.4, 0.5) is 0 Å². The molecule has 0 bridgehead atoms. The van der Waals surface area contributed by atoms with Crippen LogP contribution in [0.15, 0.2) is 18.2 Å². The highest BCUT2D eigenvalue weighted by atomic mass is 14.2. The van der Waals surface area contributed by atoms with Crippen molar-refractivity contribution in [3.05, 3.63) is 34.9 Å². The number of hydrogen-bond acceptors (Lipinski definition) is 0. The highest BCUT2D eigenvalue weighted by Crippen LogP contribution is 2.25. The zero-order valence-electron chi connectivity index (χ0n) is 10.1. The van der Waals surface area contributed by atoms with Gasteiger partial charge in [0.2, 0.25) is 0 Å². The minimum Gasteiger partial charge on any atom is -0.0617 e. The maximum absolute atomic E-state index is 2.30. The Morgan fingerprint density at radius 1 is 1.14 bits per heavy atom. The third-order valence-electron chi connectivity index (χ3n) is 2.60. The molecule has 0 amide bonds. The second kappa shape index (κ2) is 4.16. The first-order valence-corrected chi connectivity index (χ1v) is 5.51. The molecule has 0 saturated carbocycles. The Kier molecular flexibility index (Phi) is 3.36. The summed E-state index contributed by atoms with van der Waals surface area (Å²) < 4.78 is 0. The summed E-state index contributed by atoms with van der Waals surface area (Å²) in [6.45, 7) is 11.4. The van der Waals surface area contributed by atoms with Crippen LogP contribution in [0.25, 0.3) is 0 Å². The largest absolute Gasteiger partial charge is 0.0617 e. The van der Waals surface area contributed by atoms with E-state index in [4.69, 9.17) is 0 Å². The molecule has 1 aromatic carbocycles. The van der Waals surface area contributed by atoms with Crippen LogP contribution in [0.5, 0.6) is 0 Å². The molecule has 0 N–H and O–H groups in total. The summed E-state index contributed by atoms with van der Waals surface area (Å²) in [6.07, 6.45) is 2.33. The fourth-order valence-electron chi connectivity index (χ4n) is 1.88. The van der Waals surface area contributed by atoms with Gasteiger partial charge in [-0.25, -0.2) is 0 Å². The van der Waals surface area contributed by atoms with Gasteiger partial charge in [0.25, 0.3) is 0 Å². The van der Waals surface area contributed by atoms with E-state index in [9.17, 15) is 0 Å². The van der Waals surface area contributed by atoms with E-state index in [1.165, 1.54) is 17.5 Å². The molecular formula is C14H22. The predicted octanol–water partition coefficient (Wildman–Crippen LogP) is 4.15. The summed E-state index contributed by atoms with van der Waals surface area (Å²) in [6, 6.07) is 6.65. The highest BCUT2D eigenvalue weighted by molar-refractivity contribution is 5.35. The summed E-state index contributed by atoms with van der Waals surface area (Å²) in [5.41, 5.74) is 4.90. The first-order valence-electron chi connectivity index (χ1n) is 5.51. The molecule has 1 rings (SSSR count). The smallest absolute Gasteiger partial charge is 0.0225 e. The van der Waals surface area contributed by atoms with Crippen LogP contribution in [0.3, 0.4) is 0 Å². The van der Waals surface area contributed by atoms with Gasteiger partial charge < -0.3 is 0 Å². The second-order valence-electron chi connectivity index (χ2n) is 5.30. The number of benzene rings is 1. The van der Waals surface area contributed by atoms with Crippen molar-refractivity contribution in [3.63, 3.8) is 0 Å². The highest BCUT2D eigenvalue weighted by Gasteiger charge is 2.14. The summed E-state index contributed by atoms with van der Waals surface area (Å²) in [4.78, 5) is 0. The average molecular weight is 190 g/mol. The summed E-state index contributed by atoms with van der Waals surface area (Å²) >= 11 is 0. The van der Waals surface area contributed by atoms with Crippen molar-refractivity contribution in [1.29, 1.82) is 0 Å². The minimum atomic E-state index is 0.385. The lowest BCUT2D eigenvalue weighted by atomic mass is 9.84. The van der Waals surface area contributed by atoms with Gasteiger partial charge in [0.1, 0.15) is 0 Å². The zero-order valence-corrected chi connectivity index (χ0v) is 10.1. The predicted molar refractivity (Wildman–Crippen MR) is 63.7 cm³/mol. The fraction of sp³-hybridized carbons (Fsp3) is 0.571. The van der Waals surface area contributed by atoms with Crippen molar-refractivity contribution in [1.82, 2.24) is 0 Å². The molecule has 0 aliphatic rings. The standard InChI is InChI=1S/C14H22/c1-6-12-9-7-8-11(2)13(12)10-14(3,4)5/h7-9H,6,10H2,1-5H3. The van der Waals surface area contributed by atoms with Gasteiger partial charge in [0.15, 0.2) is 0 Å². The van der Waals surface area contributed by atoms with Gasteiger partial charge >= 0.3 is 0 Å². The number of rotatable bonds is 2. The lowest BCUT2D eigenvalue weighted by Gasteiger charge is -2.21. The van der Waals surface area contributed by atoms with Gasteiger partial charge in [0.05, 0.1) is 0 Å². The molecule has 0 spiro atoms. The molecule has 0 unspecified atom stereocenters. The fourth-order valence-corrected chi connectivity index (χ4v) is 1.88. The van der Waals surface area contributed by atoms with E-state index in [0.29, 0.717) is 5.41 Å². The van der Waals surface area contributed by atoms with Crippen LogP contribution in [-0.4, -0.2) is 0 Å². The van der Waals surface area contributed by atoms with Crippen LogP contribution in [0.1, 0.15) is 44.4 Å². The molecule has 0 aromatic heterocycles. The van der Waals surface area contributed by atoms with Crippen molar-refractivity contribution in [3.8, 4) is 0 Å². The van der Waals surface area contributed by atoms with Crippen molar-refractivity contribution in [2.75, 3.05) is 0 Å². The molecule has 14 heavy (non-hydrogen) atoms. The first kappa shape index (κ1) is 11.3. The molecule has 0 heterocycles. The summed E-state index contributed by atoms with van der Waals surface area (Å²) in [7, 11) is 0. The molecule has 0 aliphatic carbocycles. The first-order chi connectivity index (χ1) is 6.44. The van der Waals surface area contributed by atoms with Gasteiger partial charge in [-0.1, -0.05) is 45.9 Å². The molecule has 0 saturated heterocycles. The molecule has 1 aromatic rings. The Bertz CT molecular complexity index is 302. The van der Waals surface area contributed by atoms with E-state index < -0.39 is 0 Å². The third-order valence-corrected chi connectivity index (χ3v) is 2.60. The Balaban J connectivity index is 3.05. The Morgan fingerprint density at radius 2 is 1.79 bits per heavy atom. The molecule has 0 heteroatoms. The van der Waals surface area contributed by atoms with E-state index >= 15 is 0 Å². The van der Waals surface area contributed by atoms with Gasteiger partial charge in [-0.15, -0.1) is 0 Å². The topological polar surface area (TPSA) is 0 Å². The average Bonchev–Trinajstić information content (AvgIpc) is 2.06. The molecule has 0 atom stereocenters. The molecular weight excluding hydrogens is 168 g/mol. The van der Waals surface area contributed by atoms with Crippen LogP contribution in [-0.2, 0) is 12.8 Å². The van der Waals surface area contributed by atoms with Gasteiger partial charge in [-0.05, 0) is 41.9 Å². The SMILES string of the molecule is CCc1cccc(C)c1CC(C)(C)C. The normalized spacial score (nSPS) is 11.8. The van der Waals surface area contributed by atoms with Gasteiger partial charge in [0, 0.05) is 0 Å². The van der Waals surface area contributed by atoms with E-state index in [1.807, 2.05) is 0 Å². The lowest BCUT2D eigenvalue weighted by Crippen LogP contribution is -2.12. The van der Waals surface area contributed by atoms with Crippen molar-refractivity contribution < 1.29 is 0 Å². The summed E-state index contributed by atoms with van der Waals surface area (Å²) in [5, 5.41) is 0. The summed E-state index contributed by atoms with van der Waals surface area (Å²) in [5.74, 6) is 0. The van der Waals surface area contributed by atoms with Crippen LogP contribution >= 0.6 is 0 Å². The number of hydrogen-bond donors (Lipinski definition) is 0. The lowest BCUT2D eigenvalue weighted by molar-refractivity contribution is 0.409. The van der Waals surface area contributed by atoms with Gasteiger partial charge in [-0.2, -0.15) is 0 Å². The van der Waals surface area contributed by atoms with Crippen LogP contribution in [0.2, 0.25) is 0 Å². The molecule has 0 nitrogen and oxygen atoms in total. The van der Waals surface area contributed by atoms with Crippen LogP contribution < -0.4 is 0 Å². The third kappa shape index (κ3) is 2.87. The van der Waals surface area contributed by atoms with Gasteiger partial charge in [-0.3, -0.25) is 0 Å². The van der Waals surface area contributed by atoms with E-state index in [-0.39, 0.29) is 0 Å². The van der Waals surface area contributed by atoms with E-state index in [1.54, 1.807) is 5.56 Å². The molecule has 78 valence electrons. The Hall–Kier alpha value is -0.780. The monoisotopic (exact) mass is 190 g/mol. The van der Waals surface area contributed by atoms with E-state index in [0.717, 1.165) is 6.42 Å². The minimum absolute atomic E-state index is 0.385. The molecule has 0 fully saturated rings. The maximum atomic E-state index is 2.30. The van der Waals surface area contributed by atoms with Crippen LogP contribution in [0, 0.1) is 12.3 Å². The van der Waals surface area contributed by atoms with Crippen molar-refractivity contribution >= 4 is 0 Å².